The van der Waals surface area contributed by atoms with Crippen LogP contribution in [0.5, 0.6) is 0 Å². The molecule has 0 bridgehead atoms. The van der Waals surface area contributed by atoms with Gasteiger partial charge in [-0.05, 0) is 19.3 Å². The highest BCUT2D eigenvalue weighted by Gasteiger charge is 2.24. The van der Waals surface area contributed by atoms with Crippen LogP contribution >= 0.6 is 0 Å². The molecule has 0 aromatic carbocycles. The minimum atomic E-state index is -0.717. The number of carboxylic acids is 1. The molecule has 4 nitrogen and oxygen atoms in total. The summed E-state index contributed by atoms with van der Waals surface area (Å²) in [4.78, 5) is 13.2. The van der Waals surface area contributed by atoms with E-state index in [0.717, 1.165) is 25.8 Å². The number of methoxy groups -OCH3 is 1. The lowest BCUT2D eigenvalue weighted by Crippen LogP contribution is -2.45. The molecular formula is C13H27NO3. The van der Waals surface area contributed by atoms with Crippen molar-refractivity contribution in [2.24, 2.45) is 0 Å². The molecule has 0 saturated carbocycles. The van der Waals surface area contributed by atoms with Crippen LogP contribution in [0.2, 0.25) is 0 Å². The van der Waals surface area contributed by atoms with Crippen LogP contribution in [0.15, 0.2) is 0 Å². The van der Waals surface area contributed by atoms with Crippen LogP contribution in [0.1, 0.15) is 46.5 Å². The highest BCUT2D eigenvalue weighted by Crippen LogP contribution is 2.17. The van der Waals surface area contributed by atoms with Crippen molar-refractivity contribution in [2.45, 2.75) is 58.5 Å². The summed E-state index contributed by atoms with van der Waals surface area (Å²) >= 11 is 0. The van der Waals surface area contributed by atoms with Crippen molar-refractivity contribution in [1.82, 2.24) is 4.90 Å². The van der Waals surface area contributed by atoms with Crippen LogP contribution in [0.25, 0.3) is 0 Å². The van der Waals surface area contributed by atoms with E-state index in [9.17, 15) is 4.79 Å². The normalized spacial score (nSPS) is 13.3. The second-order valence-electron chi connectivity index (χ2n) is 4.36. The maximum atomic E-state index is 10.9. The third-order valence-corrected chi connectivity index (χ3v) is 3.32. The number of rotatable bonds is 10. The Labute approximate surface area is 105 Å². The molecule has 4 heteroatoms. The predicted molar refractivity (Wildman–Crippen MR) is 69.3 cm³/mol. The van der Waals surface area contributed by atoms with Crippen molar-refractivity contribution in [2.75, 3.05) is 20.3 Å². The van der Waals surface area contributed by atoms with Crippen molar-refractivity contribution in [3.05, 3.63) is 0 Å². The number of hydrogen-bond acceptors (Lipinski definition) is 3. The lowest BCUT2D eigenvalue weighted by atomic mass is 10.0. The Balaban J connectivity index is 4.64. The predicted octanol–water partition coefficient (Wildman–Crippen LogP) is 2.38. The number of aliphatic carboxylic acids is 1. The van der Waals surface area contributed by atoms with Crippen molar-refractivity contribution < 1.29 is 14.6 Å². The summed E-state index contributed by atoms with van der Waals surface area (Å²) in [6.45, 7) is 7.83. The van der Waals surface area contributed by atoms with Gasteiger partial charge in [0.1, 0.15) is 0 Å². The number of ether oxygens (including phenoxy) is 1. The quantitative estimate of drug-likeness (QED) is 0.642. The minimum absolute atomic E-state index is 0.118. The molecule has 0 aliphatic rings. The fraction of sp³-hybridized carbons (Fsp3) is 0.923. The molecule has 0 radical (unpaired) electrons. The van der Waals surface area contributed by atoms with E-state index in [2.05, 4.69) is 25.7 Å². The molecule has 0 heterocycles. The molecule has 0 spiro atoms. The summed E-state index contributed by atoms with van der Waals surface area (Å²) in [7, 11) is 1.68. The summed E-state index contributed by atoms with van der Waals surface area (Å²) in [6, 6.07) is 0.571. The van der Waals surface area contributed by atoms with E-state index in [1.807, 2.05) is 0 Å². The fourth-order valence-corrected chi connectivity index (χ4v) is 2.32. The smallest absolute Gasteiger partial charge is 0.304 e. The third kappa shape index (κ3) is 6.03. The van der Waals surface area contributed by atoms with E-state index in [-0.39, 0.29) is 12.5 Å². The molecule has 0 fully saturated rings. The molecule has 0 rings (SSSR count). The first kappa shape index (κ1) is 16.4. The summed E-state index contributed by atoms with van der Waals surface area (Å²) in [5, 5.41) is 8.96. The van der Waals surface area contributed by atoms with Gasteiger partial charge in [-0.25, -0.2) is 0 Å². The molecule has 0 amide bonds. The topological polar surface area (TPSA) is 49.8 Å². The Bertz CT molecular complexity index is 205. The third-order valence-electron chi connectivity index (χ3n) is 3.32. The van der Waals surface area contributed by atoms with Gasteiger partial charge in [0.15, 0.2) is 0 Å². The average Bonchev–Trinajstić information content (AvgIpc) is 2.31. The summed E-state index contributed by atoms with van der Waals surface area (Å²) < 4.78 is 5.12. The van der Waals surface area contributed by atoms with E-state index in [4.69, 9.17) is 9.84 Å². The van der Waals surface area contributed by atoms with Gasteiger partial charge >= 0.3 is 5.97 Å². The fourth-order valence-electron chi connectivity index (χ4n) is 2.32. The van der Waals surface area contributed by atoms with Crippen LogP contribution in [0.4, 0.5) is 0 Å². The maximum absolute atomic E-state index is 10.9. The van der Waals surface area contributed by atoms with E-state index < -0.39 is 5.97 Å². The molecule has 1 N–H and O–H groups in total. The van der Waals surface area contributed by atoms with Crippen LogP contribution in [0, 0.1) is 0 Å². The second-order valence-corrected chi connectivity index (χ2v) is 4.36. The standard InChI is InChI=1S/C13H27NO3/c1-5-11(6-2)14(8-9-17-4)12(7-3)10-13(15)16/h11-12H,5-10H2,1-4H3,(H,15,16). The highest BCUT2D eigenvalue weighted by atomic mass is 16.5. The van der Waals surface area contributed by atoms with Crippen LogP contribution in [-0.4, -0.2) is 48.3 Å². The Morgan fingerprint density at radius 3 is 2.06 bits per heavy atom. The monoisotopic (exact) mass is 245 g/mol. The zero-order valence-corrected chi connectivity index (χ0v) is 11.6. The molecule has 1 unspecified atom stereocenters. The number of hydrogen-bond donors (Lipinski definition) is 1. The van der Waals surface area contributed by atoms with Crippen molar-refractivity contribution in [3.8, 4) is 0 Å². The van der Waals surface area contributed by atoms with Crippen molar-refractivity contribution in [3.63, 3.8) is 0 Å². The van der Waals surface area contributed by atoms with E-state index in [1.165, 1.54) is 0 Å². The van der Waals surface area contributed by atoms with E-state index >= 15 is 0 Å². The van der Waals surface area contributed by atoms with Crippen LogP contribution in [0.3, 0.4) is 0 Å². The van der Waals surface area contributed by atoms with Gasteiger partial charge in [-0.3, -0.25) is 9.69 Å². The summed E-state index contributed by atoms with van der Waals surface area (Å²) in [5.41, 5.74) is 0. The van der Waals surface area contributed by atoms with E-state index in [0.29, 0.717) is 12.6 Å². The Morgan fingerprint density at radius 2 is 1.71 bits per heavy atom. The lowest BCUT2D eigenvalue weighted by molar-refractivity contribution is -0.138. The van der Waals surface area contributed by atoms with Gasteiger partial charge in [0.2, 0.25) is 0 Å². The van der Waals surface area contributed by atoms with Crippen molar-refractivity contribution >= 4 is 5.97 Å². The molecule has 1 atom stereocenters. The van der Waals surface area contributed by atoms with Crippen molar-refractivity contribution in [1.29, 1.82) is 0 Å². The van der Waals surface area contributed by atoms with Gasteiger partial charge in [-0.1, -0.05) is 20.8 Å². The van der Waals surface area contributed by atoms with Gasteiger partial charge in [-0.2, -0.15) is 0 Å². The molecule has 0 aliphatic heterocycles. The Hall–Kier alpha value is -0.610. The summed E-state index contributed by atoms with van der Waals surface area (Å²) in [5.74, 6) is -0.717. The summed E-state index contributed by atoms with van der Waals surface area (Å²) in [6.07, 6.45) is 3.19. The van der Waals surface area contributed by atoms with Gasteiger partial charge in [0.25, 0.3) is 0 Å². The average molecular weight is 245 g/mol. The minimum Gasteiger partial charge on any atom is -0.481 e. The molecule has 0 saturated heterocycles. The molecule has 0 aromatic rings. The Morgan fingerprint density at radius 1 is 1.18 bits per heavy atom. The molecule has 102 valence electrons. The number of carbonyl (C=O) groups is 1. The SMILES string of the molecule is CCC(CC)N(CCOC)C(CC)CC(=O)O. The maximum Gasteiger partial charge on any atom is 0.304 e. The molecule has 0 aliphatic carbocycles. The van der Waals surface area contributed by atoms with E-state index in [1.54, 1.807) is 7.11 Å². The van der Waals surface area contributed by atoms with Gasteiger partial charge in [-0.15, -0.1) is 0 Å². The second kappa shape index (κ2) is 9.42. The molecule has 0 aromatic heterocycles. The van der Waals surface area contributed by atoms with Gasteiger partial charge in [0.05, 0.1) is 13.0 Å². The first-order valence-electron chi connectivity index (χ1n) is 6.57. The van der Waals surface area contributed by atoms with Gasteiger partial charge in [0, 0.05) is 25.7 Å². The first-order valence-corrected chi connectivity index (χ1v) is 6.57. The number of nitrogens with zero attached hydrogens (tertiary/aromatic N) is 1. The van der Waals surface area contributed by atoms with Gasteiger partial charge < -0.3 is 9.84 Å². The zero-order valence-electron chi connectivity index (χ0n) is 11.6. The largest absolute Gasteiger partial charge is 0.481 e. The van der Waals surface area contributed by atoms with Crippen LogP contribution in [-0.2, 0) is 9.53 Å². The first-order chi connectivity index (χ1) is 8.10. The zero-order chi connectivity index (χ0) is 13.3. The lowest BCUT2D eigenvalue weighted by Gasteiger charge is -2.36. The molecule has 17 heavy (non-hydrogen) atoms. The molecular weight excluding hydrogens is 218 g/mol. The number of carboxylic acid groups (broad SMARTS) is 1. The highest BCUT2D eigenvalue weighted by molar-refractivity contribution is 5.67. The van der Waals surface area contributed by atoms with Crippen LogP contribution < -0.4 is 0 Å². The Kier molecular flexibility index (Phi) is 9.09.